The first kappa shape index (κ1) is 14.7. The highest BCUT2D eigenvalue weighted by molar-refractivity contribution is 8.01. The standard InChI is InChI=1S/C13H11N5O2S2/c1-2-21-13-17-16-12(22-13)15-14-10-9(18-20-11(10)19)8-6-4-3-5-7-8/h3-7,19H,2H2,1H3. The molecule has 1 aromatic carbocycles. The smallest absolute Gasteiger partial charge is 0.337 e. The maximum Gasteiger partial charge on any atom is 0.337 e. The van der Waals surface area contributed by atoms with Crippen LogP contribution in [0, 0.1) is 0 Å². The molecule has 1 N–H and O–H groups in total. The molecule has 0 aliphatic heterocycles. The normalized spacial score (nSPS) is 11.3. The van der Waals surface area contributed by atoms with E-state index in [0.717, 1.165) is 15.7 Å². The Kier molecular flexibility index (Phi) is 4.45. The Morgan fingerprint density at radius 2 is 2.05 bits per heavy atom. The van der Waals surface area contributed by atoms with E-state index in [1.807, 2.05) is 37.3 Å². The van der Waals surface area contributed by atoms with Crippen molar-refractivity contribution in [3.8, 4) is 17.2 Å². The molecule has 2 aromatic heterocycles. The number of benzene rings is 1. The summed E-state index contributed by atoms with van der Waals surface area (Å²) >= 11 is 2.92. The second-order valence-corrected chi connectivity index (χ2v) is 6.50. The number of aromatic nitrogens is 3. The van der Waals surface area contributed by atoms with Crippen LogP contribution in [0.15, 0.2) is 49.4 Å². The summed E-state index contributed by atoms with van der Waals surface area (Å²) in [5, 5.41) is 29.9. The number of nitrogens with zero attached hydrogens (tertiary/aromatic N) is 5. The molecule has 0 fully saturated rings. The fourth-order valence-corrected chi connectivity index (χ4v) is 3.23. The van der Waals surface area contributed by atoms with E-state index < -0.39 is 0 Å². The zero-order valence-electron chi connectivity index (χ0n) is 11.5. The van der Waals surface area contributed by atoms with Crippen molar-refractivity contribution in [1.82, 2.24) is 15.4 Å². The number of hydrogen-bond acceptors (Lipinski definition) is 9. The Labute approximate surface area is 134 Å². The van der Waals surface area contributed by atoms with Gasteiger partial charge in [-0.2, -0.15) is 0 Å². The molecular formula is C13H11N5O2S2. The number of rotatable bonds is 5. The maximum atomic E-state index is 9.74. The molecule has 0 aliphatic carbocycles. The van der Waals surface area contributed by atoms with Crippen molar-refractivity contribution < 1.29 is 9.63 Å². The molecule has 0 radical (unpaired) electrons. The highest BCUT2D eigenvalue weighted by atomic mass is 32.2. The molecule has 2 heterocycles. The van der Waals surface area contributed by atoms with Gasteiger partial charge in [0.15, 0.2) is 10.0 Å². The number of hydrogen-bond donors (Lipinski definition) is 1. The lowest BCUT2D eigenvalue weighted by Crippen LogP contribution is -1.76. The van der Waals surface area contributed by atoms with Gasteiger partial charge in [-0.1, -0.05) is 65.5 Å². The monoisotopic (exact) mass is 333 g/mol. The predicted octanol–water partition coefficient (Wildman–Crippen LogP) is 4.43. The third-order valence-electron chi connectivity index (χ3n) is 2.60. The van der Waals surface area contributed by atoms with Gasteiger partial charge in [-0.25, -0.2) is 0 Å². The van der Waals surface area contributed by atoms with E-state index in [1.165, 1.54) is 11.3 Å². The summed E-state index contributed by atoms with van der Waals surface area (Å²) in [6, 6.07) is 9.30. The molecule has 0 spiro atoms. The molecule has 0 amide bonds. The first-order valence-corrected chi connectivity index (χ1v) is 8.20. The molecule has 0 aliphatic rings. The lowest BCUT2D eigenvalue weighted by Gasteiger charge is -1.94. The van der Waals surface area contributed by atoms with E-state index in [-0.39, 0.29) is 11.6 Å². The lowest BCUT2D eigenvalue weighted by molar-refractivity contribution is 0.279. The van der Waals surface area contributed by atoms with Crippen LogP contribution in [0.3, 0.4) is 0 Å². The Morgan fingerprint density at radius 1 is 1.23 bits per heavy atom. The topological polar surface area (TPSA) is 96.8 Å². The summed E-state index contributed by atoms with van der Waals surface area (Å²) < 4.78 is 5.63. The van der Waals surface area contributed by atoms with Gasteiger partial charge in [-0.15, -0.1) is 20.4 Å². The van der Waals surface area contributed by atoms with Gasteiger partial charge in [0.2, 0.25) is 0 Å². The Hall–Kier alpha value is -2.26. The van der Waals surface area contributed by atoms with Crippen LogP contribution in [-0.4, -0.2) is 26.2 Å². The van der Waals surface area contributed by atoms with E-state index >= 15 is 0 Å². The van der Waals surface area contributed by atoms with Crippen LogP contribution >= 0.6 is 23.1 Å². The number of azo groups is 1. The molecule has 9 heteroatoms. The van der Waals surface area contributed by atoms with Crippen LogP contribution in [0.5, 0.6) is 5.95 Å². The summed E-state index contributed by atoms with van der Waals surface area (Å²) in [6.45, 7) is 2.04. The van der Waals surface area contributed by atoms with Gasteiger partial charge < -0.3 is 9.63 Å². The van der Waals surface area contributed by atoms with Crippen LogP contribution in [-0.2, 0) is 0 Å². The maximum absolute atomic E-state index is 9.74. The Balaban J connectivity index is 1.88. The van der Waals surface area contributed by atoms with Crippen molar-refractivity contribution in [2.75, 3.05) is 5.75 Å². The Bertz CT molecular complexity index is 785. The fraction of sp³-hybridized carbons (Fsp3) is 0.154. The molecule has 0 saturated heterocycles. The third kappa shape index (κ3) is 3.15. The molecular weight excluding hydrogens is 322 g/mol. The van der Waals surface area contributed by atoms with Crippen molar-refractivity contribution in [3.05, 3.63) is 30.3 Å². The van der Waals surface area contributed by atoms with Gasteiger partial charge in [0.05, 0.1) is 0 Å². The summed E-state index contributed by atoms with van der Waals surface area (Å²) in [6.07, 6.45) is 0. The second-order valence-electron chi connectivity index (χ2n) is 4.03. The van der Waals surface area contributed by atoms with Crippen molar-refractivity contribution in [2.24, 2.45) is 10.2 Å². The van der Waals surface area contributed by atoms with E-state index in [1.54, 1.807) is 11.8 Å². The number of thioether (sulfide) groups is 1. The molecule has 0 atom stereocenters. The van der Waals surface area contributed by atoms with Crippen LogP contribution in [0.2, 0.25) is 0 Å². The molecule has 3 aromatic rings. The molecule has 7 nitrogen and oxygen atoms in total. The quantitative estimate of drug-likeness (QED) is 0.548. The lowest BCUT2D eigenvalue weighted by atomic mass is 10.1. The summed E-state index contributed by atoms with van der Waals surface area (Å²) in [4.78, 5) is 0. The second kappa shape index (κ2) is 6.67. The zero-order chi connectivity index (χ0) is 15.4. The molecule has 0 unspecified atom stereocenters. The molecule has 112 valence electrons. The zero-order valence-corrected chi connectivity index (χ0v) is 13.1. The molecule has 0 saturated carbocycles. The van der Waals surface area contributed by atoms with Crippen LogP contribution in [0.1, 0.15) is 6.92 Å². The van der Waals surface area contributed by atoms with Crippen molar-refractivity contribution in [2.45, 2.75) is 11.3 Å². The van der Waals surface area contributed by atoms with E-state index in [9.17, 15) is 5.11 Å². The third-order valence-corrected chi connectivity index (χ3v) is 4.42. The first-order chi connectivity index (χ1) is 10.8. The van der Waals surface area contributed by atoms with Gasteiger partial charge >= 0.3 is 5.95 Å². The fourth-order valence-electron chi connectivity index (χ4n) is 1.67. The van der Waals surface area contributed by atoms with Crippen LogP contribution in [0.4, 0.5) is 10.8 Å². The van der Waals surface area contributed by atoms with Gasteiger partial charge in [-0.05, 0) is 5.75 Å². The highest BCUT2D eigenvalue weighted by Crippen LogP contribution is 2.38. The van der Waals surface area contributed by atoms with Crippen LogP contribution < -0.4 is 0 Å². The summed E-state index contributed by atoms with van der Waals surface area (Å²) in [5.74, 6) is 0.534. The average Bonchev–Trinajstić information content (AvgIpc) is 3.13. The summed E-state index contributed by atoms with van der Waals surface area (Å²) in [7, 11) is 0. The summed E-state index contributed by atoms with van der Waals surface area (Å²) in [5.41, 5.74) is 1.38. The largest absolute Gasteiger partial charge is 0.478 e. The minimum absolute atomic E-state index is 0.172. The van der Waals surface area contributed by atoms with Crippen molar-refractivity contribution in [1.29, 1.82) is 0 Å². The van der Waals surface area contributed by atoms with Gasteiger partial charge in [-0.3, -0.25) is 0 Å². The van der Waals surface area contributed by atoms with E-state index in [0.29, 0.717) is 10.8 Å². The van der Waals surface area contributed by atoms with Gasteiger partial charge in [0, 0.05) is 5.56 Å². The van der Waals surface area contributed by atoms with Crippen molar-refractivity contribution >= 4 is 33.9 Å². The van der Waals surface area contributed by atoms with E-state index in [4.69, 9.17) is 4.52 Å². The van der Waals surface area contributed by atoms with E-state index in [2.05, 4.69) is 25.6 Å². The minimum atomic E-state index is -0.379. The van der Waals surface area contributed by atoms with Gasteiger partial charge in [0.1, 0.15) is 5.69 Å². The minimum Gasteiger partial charge on any atom is -0.478 e. The first-order valence-electron chi connectivity index (χ1n) is 6.40. The predicted molar refractivity (Wildman–Crippen MR) is 84.1 cm³/mol. The average molecular weight is 333 g/mol. The van der Waals surface area contributed by atoms with Crippen molar-refractivity contribution in [3.63, 3.8) is 0 Å². The highest BCUT2D eigenvalue weighted by Gasteiger charge is 2.17. The SMILES string of the molecule is CCSc1nnc(N=Nc2c(-c3ccccc3)noc2O)s1. The Morgan fingerprint density at radius 3 is 2.82 bits per heavy atom. The van der Waals surface area contributed by atoms with Crippen LogP contribution in [0.25, 0.3) is 11.3 Å². The molecule has 22 heavy (non-hydrogen) atoms. The van der Waals surface area contributed by atoms with Gasteiger partial charge in [0.25, 0.3) is 5.13 Å². The molecule has 0 bridgehead atoms. The number of aromatic hydroxyl groups is 1. The molecule has 3 rings (SSSR count).